The summed E-state index contributed by atoms with van der Waals surface area (Å²) in [6.07, 6.45) is 4.66. The van der Waals surface area contributed by atoms with Crippen molar-refractivity contribution in [3.8, 4) is 0 Å². The first-order valence-electron chi connectivity index (χ1n) is 6.73. The predicted molar refractivity (Wildman–Crippen MR) is 75.1 cm³/mol. The van der Waals surface area contributed by atoms with Crippen LogP contribution in [0.5, 0.6) is 0 Å². The molecule has 0 saturated carbocycles. The van der Waals surface area contributed by atoms with Gasteiger partial charge in [0.05, 0.1) is 6.61 Å². The van der Waals surface area contributed by atoms with Crippen LogP contribution < -0.4 is 5.56 Å². The van der Waals surface area contributed by atoms with Crippen LogP contribution in [0.1, 0.15) is 38.3 Å². The van der Waals surface area contributed by atoms with Crippen LogP contribution in [0.4, 0.5) is 4.39 Å². The number of rotatable bonds is 7. The average Bonchev–Trinajstić information content (AvgIpc) is 2.41. The van der Waals surface area contributed by atoms with Crippen molar-refractivity contribution in [1.82, 2.24) is 4.57 Å². The van der Waals surface area contributed by atoms with Gasteiger partial charge in [0, 0.05) is 6.20 Å². The molecule has 0 aliphatic rings. The van der Waals surface area contributed by atoms with Crippen LogP contribution >= 0.6 is 0 Å². The summed E-state index contributed by atoms with van der Waals surface area (Å²) in [6.45, 7) is 7.39. The quantitative estimate of drug-likeness (QED) is 0.570. The molecule has 0 radical (unpaired) electrons. The fourth-order valence-corrected chi connectivity index (χ4v) is 2.01. The van der Waals surface area contributed by atoms with Gasteiger partial charge in [0.1, 0.15) is 6.04 Å². The Bertz CT molecular complexity index is 536. The monoisotopic (exact) mass is 281 g/mol. The van der Waals surface area contributed by atoms with E-state index in [0.29, 0.717) is 24.8 Å². The number of hydrogen-bond donors (Lipinski definition) is 0. The van der Waals surface area contributed by atoms with E-state index in [2.05, 4.69) is 6.58 Å². The largest absolute Gasteiger partial charge is 0.464 e. The Morgan fingerprint density at radius 2 is 2.25 bits per heavy atom. The maximum Gasteiger partial charge on any atom is 0.329 e. The zero-order valence-corrected chi connectivity index (χ0v) is 11.9. The minimum Gasteiger partial charge on any atom is -0.464 e. The van der Waals surface area contributed by atoms with Crippen LogP contribution in [-0.2, 0) is 16.0 Å². The highest BCUT2D eigenvalue weighted by Gasteiger charge is 2.23. The third-order valence-electron chi connectivity index (χ3n) is 2.89. The minimum absolute atomic E-state index is 0.225. The highest BCUT2D eigenvalue weighted by molar-refractivity contribution is 5.74. The molecule has 0 fully saturated rings. The van der Waals surface area contributed by atoms with Gasteiger partial charge >= 0.3 is 5.97 Å². The summed E-state index contributed by atoms with van der Waals surface area (Å²) >= 11 is 0. The SMILES string of the molecule is C=CCc1cc(F)c(=O)n(C(CCC)C(=O)OCC)c1. The summed E-state index contributed by atoms with van der Waals surface area (Å²) in [5.74, 6) is -1.37. The lowest BCUT2D eigenvalue weighted by Crippen LogP contribution is -2.32. The molecule has 0 aromatic carbocycles. The maximum atomic E-state index is 13.7. The van der Waals surface area contributed by atoms with Gasteiger partial charge in [0.2, 0.25) is 0 Å². The average molecular weight is 281 g/mol. The Balaban J connectivity index is 3.27. The molecule has 1 aromatic heterocycles. The Labute approximate surface area is 117 Å². The first-order chi connectivity index (χ1) is 9.54. The van der Waals surface area contributed by atoms with Gasteiger partial charge in [0.25, 0.3) is 5.56 Å². The highest BCUT2D eigenvalue weighted by atomic mass is 19.1. The molecule has 1 atom stereocenters. The summed E-state index contributed by atoms with van der Waals surface area (Å²) in [4.78, 5) is 23.8. The van der Waals surface area contributed by atoms with E-state index in [9.17, 15) is 14.0 Å². The Kier molecular flexibility index (Phi) is 6.15. The van der Waals surface area contributed by atoms with Crippen LogP contribution in [0.2, 0.25) is 0 Å². The molecule has 4 nitrogen and oxygen atoms in total. The van der Waals surface area contributed by atoms with Gasteiger partial charge in [-0.1, -0.05) is 19.4 Å². The summed E-state index contributed by atoms with van der Waals surface area (Å²) in [5, 5.41) is 0. The van der Waals surface area contributed by atoms with Crippen molar-refractivity contribution in [2.45, 2.75) is 39.2 Å². The molecule has 0 aliphatic heterocycles. The summed E-state index contributed by atoms with van der Waals surface area (Å²) in [7, 11) is 0. The number of esters is 1. The van der Waals surface area contributed by atoms with Crippen molar-refractivity contribution in [3.05, 3.63) is 46.7 Å². The molecule has 0 amide bonds. The van der Waals surface area contributed by atoms with Crippen LogP contribution in [0, 0.1) is 5.82 Å². The Hall–Kier alpha value is -1.91. The number of nitrogens with zero attached hydrogens (tertiary/aromatic N) is 1. The molecule has 1 heterocycles. The van der Waals surface area contributed by atoms with Gasteiger partial charge < -0.3 is 4.74 Å². The van der Waals surface area contributed by atoms with Crippen LogP contribution in [0.3, 0.4) is 0 Å². The van der Waals surface area contributed by atoms with E-state index in [1.807, 2.05) is 6.92 Å². The van der Waals surface area contributed by atoms with E-state index in [1.165, 1.54) is 12.3 Å². The number of carbonyl (C=O) groups excluding carboxylic acids is 1. The van der Waals surface area contributed by atoms with Crippen molar-refractivity contribution in [1.29, 1.82) is 0 Å². The summed E-state index contributed by atoms with van der Waals surface area (Å²) in [6, 6.07) is 0.390. The van der Waals surface area contributed by atoms with Gasteiger partial charge in [-0.15, -0.1) is 6.58 Å². The van der Waals surface area contributed by atoms with E-state index in [4.69, 9.17) is 4.74 Å². The fourth-order valence-electron chi connectivity index (χ4n) is 2.01. The van der Waals surface area contributed by atoms with Crippen molar-refractivity contribution in [2.24, 2.45) is 0 Å². The molecule has 0 bridgehead atoms. The summed E-state index contributed by atoms with van der Waals surface area (Å²) in [5.41, 5.74) is -0.202. The highest BCUT2D eigenvalue weighted by Crippen LogP contribution is 2.15. The van der Waals surface area contributed by atoms with Crippen LogP contribution in [-0.4, -0.2) is 17.1 Å². The van der Waals surface area contributed by atoms with E-state index in [1.54, 1.807) is 13.0 Å². The first kappa shape index (κ1) is 16.1. The van der Waals surface area contributed by atoms with Crippen LogP contribution in [0.15, 0.2) is 29.7 Å². The Morgan fingerprint density at radius 3 is 2.80 bits per heavy atom. The van der Waals surface area contributed by atoms with Crippen LogP contribution in [0.25, 0.3) is 0 Å². The zero-order chi connectivity index (χ0) is 15.1. The molecule has 1 aromatic rings. The lowest BCUT2D eigenvalue weighted by atomic mass is 10.1. The van der Waals surface area contributed by atoms with E-state index in [0.717, 1.165) is 4.57 Å². The molecule has 0 saturated heterocycles. The molecule has 1 unspecified atom stereocenters. The van der Waals surface area contributed by atoms with Gasteiger partial charge in [0.15, 0.2) is 5.82 Å². The van der Waals surface area contributed by atoms with E-state index < -0.39 is 23.4 Å². The third-order valence-corrected chi connectivity index (χ3v) is 2.89. The second-order valence-electron chi connectivity index (χ2n) is 4.46. The van der Waals surface area contributed by atoms with E-state index >= 15 is 0 Å². The molecule has 0 aliphatic carbocycles. The van der Waals surface area contributed by atoms with Crippen molar-refractivity contribution in [3.63, 3.8) is 0 Å². The smallest absolute Gasteiger partial charge is 0.329 e. The van der Waals surface area contributed by atoms with Gasteiger partial charge in [-0.3, -0.25) is 9.36 Å². The lowest BCUT2D eigenvalue weighted by Gasteiger charge is -2.18. The molecule has 1 rings (SSSR count). The van der Waals surface area contributed by atoms with Crippen molar-refractivity contribution in [2.75, 3.05) is 6.61 Å². The zero-order valence-electron chi connectivity index (χ0n) is 11.9. The molecular formula is C15H20FNO3. The number of aromatic nitrogens is 1. The maximum absolute atomic E-state index is 13.7. The fraction of sp³-hybridized carbons (Fsp3) is 0.467. The normalized spacial score (nSPS) is 11.9. The molecule has 20 heavy (non-hydrogen) atoms. The van der Waals surface area contributed by atoms with Gasteiger partial charge in [-0.2, -0.15) is 0 Å². The number of ether oxygens (including phenoxy) is 1. The lowest BCUT2D eigenvalue weighted by molar-refractivity contribution is -0.147. The topological polar surface area (TPSA) is 48.3 Å². The molecule has 5 heteroatoms. The molecular weight excluding hydrogens is 261 g/mol. The minimum atomic E-state index is -0.866. The number of hydrogen-bond acceptors (Lipinski definition) is 3. The van der Waals surface area contributed by atoms with Gasteiger partial charge in [-0.25, -0.2) is 9.18 Å². The third kappa shape index (κ3) is 3.79. The standard InChI is InChI=1S/C15H20FNO3/c1-4-7-11-9-12(16)14(18)17(10-11)13(8-5-2)15(19)20-6-3/h4,9-10,13H,1,5-8H2,2-3H3. The predicted octanol–water partition coefficient (Wildman–Crippen LogP) is 2.62. The molecule has 110 valence electrons. The number of pyridine rings is 1. The molecule has 0 N–H and O–H groups in total. The second kappa shape index (κ2) is 7.62. The number of carbonyl (C=O) groups is 1. The second-order valence-corrected chi connectivity index (χ2v) is 4.46. The Morgan fingerprint density at radius 1 is 1.55 bits per heavy atom. The van der Waals surface area contributed by atoms with Gasteiger partial charge in [-0.05, 0) is 31.4 Å². The number of allylic oxidation sites excluding steroid dienone is 1. The van der Waals surface area contributed by atoms with Crippen molar-refractivity contribution >= 4 is 5.97 Å². The van der Waals surface area contributed by atoms with E-state index in [-0.39, 0.29) is 6.61 Å². The molecule has 0 spiro atoms. The van der Waals surface area contributed by atoms with Crippen molar-refractivity contribution < 1.29 is 13.9 Å². The number of halogens is 1. The first-order valence-corrected chi connectivity index (χ1v) is 6.73. The summed E-state index contributed by atoms with van der Waals surface area (Å²) < 4.78 is 19.8.